The fourth-order valence-electron chi connectivity index (χ4n) is 2.74. The third-order valence-corrected chi connectivity index (χ3v) is 4.16. The number of hydrogen-bond donors (Lipinski definition) is 0. The second-order valence-corrected chi connectivity index (χ2v) is 5.24. The Morgan fingerprint density at radius 1 is 1.46 bits per heavy atom. The van der Waals surface area contributed by atoms with E-state index in [0.717, 1.165) is 12.5 Å². The van der Waals surface area contributed by atoms with E-state index in [0.29, 0.717) is 11.8 Å². The Balaban J connectivity index is 1.85. The molecule has 1 aliphatic carbocycles. The predicted molar refractivity (Wildman–Crippen MR) is 60.7 cm³/mol. The molecule has 3 unspecified atom stereocenters. The predicted octanol–water partition coefficient (Wildman–Crippen LogP) is 2.05. The van der Waals surface area contributed by atoms with Crippen molar-refractivity contribution in [1.29, 1.82) is 5.26 Å². The van der Waals surface area contributed by atoms with Crippen LogP contribution in [0.3, 0.4) is 0 Å². The van der Waals surface area contributed by atoms with Gasteiger partial charge in [0.25, 0.3) is 0 Å². The molecule has 0 radical (unpaired) electrons. The first kappa shape index (κ1) is 9.72. The van der Waals surface area contributed by atoms with Crippen LogP contribution in [0.2, 0.25) is 0 Å². The van der Waals surface area contributed by atoms with Gasteiger partial charge in [-0.25, -0.2) is 0 Å². The van der Waals surface area contributed by atoms with Crippen molar-refractivity contribution in [3.8, 4) is 6.07 Å². The van der Waals surface area contributed by atoms with Crippen molar-refractivity contribution in [2.24, 2.45) is 11.8 Å². The highest BCUT2D eigenvalue weighted by Crippen LogP contribution is 2.41. The summed E-state index contributed by atoms with van der Waals surface area (Å²) in [5.74, 6) is 1.07. The minimum absolute atomic E-state index is 0.376. The molecule has 3 heteroatoms. The van der Waals surface area contributed by atoms with Gasteiger partial charge in [-0.2, -0.15) is 5.26 Å². The lowest BCUT2D eigenvalue weighted by Crippen LogP contribution is -2.35. The molecule has 13 heavy (non-hydrogen) atoms. The highest BCUT2D eigenvalue weighted by Gasteiger charge is 2.44. The van der Waals surface area contributed by atoms with Gasteiger partial charge in [0, 0.05) is 17.0 Å². The Kier molecular flexibility index (Phi) is 3.10. The lowest BCUT2D eigenvalue weighted by atomic mass is 9.96. The second-order valence-electron chi connectivity index (χ2n) is 4.16. The monoisotopic (exact) mass is 290 g/mol. The average Bonchev–Trinajstić information content (AvgIpc) is 2.72. The van der Waals surface area contributed by atoms with E-state index in [9.17, 15) is 0 Å². The molecule has 2 fully saturated rings. The summed E-state index contributed by atoms with van der Waals surface area (Å²) in [5.41, 5.74) is 0. The molecule has 2 rings (SSSR count). The van der Waals surface area contributed by atoms with Crippen molar-refractivity contribution >= 4 is 22.6 Å². The zero-order valence-electron chi connectivity index (χ0n) is 7.75. The molecule has 1 saturated heterocycles. The largest absolute Gasteiger partial charge is 0.300 e. The Labute approximate surface area is 93.4 Å². The summed E-state index contributed by atoms with van der Waals surface area (Å²) in [4.78, 5) is 2.59. The quantitative estimate of drug-likeness (QED) is 0.587. The summed E-state index contributed by atoms with van der Waals surface area (Å²) in [6, 6.07) is 3.19. The number of hydrogen-bond acceptors (Lipinski definition) is 2. The third kappa shape index (κ3) is 1.84. The van der Waals surface area contributed by atoms with Crippen LogP contribution in [0, 0.1) is 23.2 Å². The van der Waals surface area contributed by atoms with Crippen LogP contribution in [0.15, 0.2) is 0 Å². The zero-order chi connectivity index (χ0) is 9.26. The van der Waals surface area contributed by atoms with Gasteiger partial charge in [0.05, 0.1) is 12.0 Å². The van der Waals surface area contributed by atoms with Gasteiger partial charge in [-0.05, 0) is 31.7 Å². The molecule has 72 valence electrons. The van der Waals surface area contributed by atoms with Gasteiger partial charge in [0.15, 0.2) is 0 Å². The molecule has 0 spiro atoms. The molecule has 0 aromatic rings. The summed E-state index contributed by atoms with van der Waals surface area (Å²) in [6.07, 6.45) is 3.74. The second kappa shape index (κ2) is 4.14. The van der Waals surface area contributed by atoms with Crippen molar-refractivity contribution in [3.05, 3.63) is 0 Å². The highest BCUT2D eigenvalue weighted by atomic mass is 127. The Hall–Kier alpha value is 0.180. The fourth-order valence-corrected chi connectivity index (χ4v) is 3.08. The van der Waals surface area contributed by atoms with Crippen LogP contribution < -0.4 is 0 Å². The van der Waals surface area contributed by atoms with E-state index >= 15 is 0 Å². The molecule has 2 nitrogen and oxygen atoms in total. The molecule has 2 bridgehead atoms. The first-order valence-electron chi connectivity index (χ1n) is 5.04. The molecule has 1 aliphatic heterocycles. The molecule has 0 amide bonds. The summed E-state index contributed by atoms with van der Waals surface area (Å²) in [7, 11) is 0. The maximum atomic E-state index is 8.88. The topological polar surface area (TPSA) is 27.0 Å². The zero-order valence-corrected chi connectivity index (χ0v) is 9.90. The van der Waals surface area contributed by atoms with E-state index in [4.69, 9.17) is 5.26 Å². The summed E-state index contributed by atoms with van der Waals surface area (Å²) in [6.45, 7) is 2.45. The van der Waals surface area contributed by atoms with Gasteiger partial charge in [0.1, 0.15) is 0 Å². The van der Waals surface area contributed by atoms with Crippen molar-refractivity contribution in [3.63, 3.8) is 0 Å². The molecule has 0 aromatic heterocycles. The maximum Gasteiger partial charge on any atom is 0.0659 e. The number of fused-ring (bicyclic) bond motifs is 2. The minimum Gasteiger partial charge on any atom is -0.300 e. The Morgan fingerprint density at radius 2 is 2.31 bits per heavy atom. The normalized spacial score (nSPS) is 38.0. The number of alkyl halides is 1. The van der Waals surface area contributed by atoms with Crippen LogP contribution >= 0.6 is 22.6 Å². The SMILES string of the molecule is N#CC1CC2CC1CN2CCCI. The molecule has 3 atom stereocenters. The first-order chi connectivity index (χ1) is 6.35. The van der Waals surface area contributed by atoms with Gasteiger partial charge in [0.2, 0.25) is 0 Å². The minimum atomic E-state index is 0.376. The average molecular weight is 290 g/mol. The summed E-state index contributed by atoms with van der Waals surface area (Å²) in [5, 5.41) is 8.88. The molecule has 1 heterocycles. The molecule has 0 aromatic carbocycles. The van der Waals surface area contributed by atoms with E-state index in [1.807, 2.05) is 0 Å². The summed E-state index contributed by atoms with van der Waals surface area (Å²) < 4.78 is 1.26. The standard InChI is InChI=1S/C10H15IN2/c11-2-1-3-13-7-9-5-10(13)4-8(9)6-12/h8-10H,1-5,7H2. The van der Waals surface area contributed by atoms with Gasteiger partial charge >= 0.3 is 0 Å². The van der Waals surface area contributed by atoms with Crippen LogP contribution in [0.1, 0.15) is 19.3 Å². The third-order valence-electron chi connectivity index (χ3n) is 3.40. The van der Waals surface area contributed by atoms with E-state index in [-0.39, 0.29) is 0 Å². The Morgan fingerprint density at radius 3 is 2.85 bits per heavy atom. The highest BCUT2D eigenvalue weighted by molar-refractivity contribution is 14.1. The van der Waals surface area contributed by atoms with Crippen molar-refractivity contribution in [2.75, 3.05) is 17.5 Å². The van der Waals surface area contributed by atoms with Gasteiger partial charge in [-0.15, -0.1) is 0 Å². The van der Waals surface area contributed by atoms with Crippen LogP contribution in [0.5, 0.6) is 0 Å². The van der Waals surface area contributed by atoms with Crippen LogP contribution in [0.4, 0.5) is 0 Å². The summed E-state index contributed by atoms with van der Waals surface area (Å²) >= 11 is 2.44. The Bertz CT molecular complexity index is 223. The lowest BCUT2D eigenvalue weighted by molar-refractivity contribution is 0.195. The van der Waals surface area contributed by atoms with Crippen molar-refractivity contribution in [1.82, 2.24) is 4.90 Å². The van der Waals surface area contributed by atoms with Crippen LogP contribution in [0.25, 0.3) is 0 Å². The van der Waals surface area contributed by atoms with Crippen molar-refractivity contribution < 1.29 is 0 Å². The van der Waals surface area contributed by atoms with Gasteiger partial charge in [-0.3, -0.25) is 4.90 Å². The van der Waals surface area contributed by atoms with Gasteiger partial charge in [-0.1, -0.05) is 22.6 Å². The van der Waals surface area contributed by atoms with E-state index in [1.54, 1.807) is 0 Å². The molecule has 1 saturated carbocycles. The molecular weight excluding hydrogens is 275 g/mol. The van der Waals surface area contributed by atoms with Crippen molar-refractivity contribution in [2.45, 2.75) is 25.3 Å². The van der Waals surface area contributed by atoms with E-state index in [2.05, 4.69) is 33.6 Å². The number of likely N-dealkylation sites (tertiary alicyclic amines) is 1. The maximum absolute atomic E-state index is 8.88. The smallest absolute Gasteiger partial charge is 0.0659 e. The lowest BCUT2D eigenvalue weighted by Gasteiger charge is -2.28. The molecule has 0 N–H and O–H groups in total. The number of nitrogens with zero attached hydrogens (tertiary/aromatic N) is 2. The van der Waals surface area contributed by atoms with Crippen LogP contribution in [-0.4, -0.2) is 28.5 Å². The molecular formula is C10H15IN2. The number of nitriles is 1. The number of rotatable bonds is 3. The fraction of sp³-hybridized carbons (Fsp3) is 0.900. The van der Waals surface area contributed by atoms with E-state index in [1.165, 1.54) is 30.4 Å². The number of halogens is 1. The van der Waals surface area contributed by atoms with Gasteiger partial charge < -0.3 is 0 Å². The van der Waals surface area contributed by atoms with Crippen LogP contribution in [-0.2, 0) is 0 Å². The molecule has 2 aliphatic rings. The van der Waals surface area contributed by atoms with E-state index < -0.39 is 0 Å². The first-order valence-corrected chi connectivity index (χ1v) is 6.57. The number of piperidine rings is 1.